The third-order valence-corrected chi connectivity index (χ3v) is 4.68. The van der Waals surface area contributed by atoms with Gasteiger partial charge in [0, 0.05) is 29.5 Å². The molecule has 0 saturated heterocycles. The van der Waals surface area contributed by atoms with Crippen LogP contribution >= 0.6 is 27.5 Å². The van der Waals surface area contributed by atoms with E-state index in [1.54, 1.807) is 0 Å². The minimum atomic E-state index is -0.111. The van der Waals surface area contributed by atoms with Crippen molar-refractivity contribution in [2.24, 2.45) is 7.05 Å². The van der Waals surface area contributed by atoms with Gasteiger partial charge in [0.2, 0.25) is 0 Å². The Kier molecular flexibility index (Phi) is 4.23. The first-order valence-corrected chi connectivity index (χ1v) is 8.00. The zero-order valence-corrected chi connectivity index (χ0v) is 14.3. The lowest BCUT2D eigenvalue weighted by Crippen LogP contribution is -2.25. The maximum Gasteiger partial charge on any atom is 0.269 e. The predicted molar refractivity (Wildman–Crippen MR) is 93.2 cm³/mol. The topological polar surface area (TPSA) is 34.0 Å². The smallest absolute Gasteiger partial charge is 0.269 e. The normalized spacial score (nSPS) is 10.9. The summed E-state index contributed by atoms with van der Waals surface area (Å²) in [5, 5.41) is 4.66. The number of nitrogens with one attached hydrogen (secondary N) is 1. The molecule has 1 N–H and O–H groups in total. The third-order valence-electron chi connectivity index (χ3n) is 3.63. The lowest BCUT2D eigenvalue weighted by molar-refractivity contribution is 0.0942. The van der Waals surface area contributed by atoms with Gasteiger partial charge in [-0.2, -0.15) is 0 Å². The fourth-order valence-electron chi connectivity index (χ4n) is 2.47. The number of aromatic nitrogens is 1. The van der Waals surface area contributed by atoms with Crippen LogP contribution in [-0.4, -0.2) is 10.5 Å². The van der Waals surface area contributed by atoms with Gasteiger partial charge in [-0.1, -0.05) is 41.9 Å². The highest BCUT2D eigenvalue weighted by Crippen LogP contribution is 2.30. The molecule has 1 aromatic heterocycles. The molecule has 0 saturated carbocycles. The summed E-state index contributed by atoms with van der Waals surface area (Å²) in [6.45, 7) is 0.462. The lowest BCUT2D eigenvalue weighted by atomic mass is 10.2. The van der Waals surface area contributed by atoms with Crippen LogP contribution in [0.25, 0.3) is 10.9 Å². The second kappa shape index (κ2) is 6.15. The average Bonchev–Trinajstić information content (AvgIpc) is 2.79. The molecule has 3 aromatic rings. The molecule has 22 heavy (non-hydrogen) atoms. The Bertz CT molecular complexity index is 801. The predicted octanol–water partition coefficient (Wildman–Crippen LogP) is 4.52. The quantitative estimate of drug-likeness (QED) is 0.715. The molecule has 5 heteroatoms. The van der Waals surface area contributed by atoms with Crippen molar-refractivity contribution in [2.45, 2.75) is 6.54 Å². The number of rotatable bonds is 3. The van der Waals surface area contributed by atoms with E-state index < -0.39 is 0 Å². The Morgan fingerprint density at radius 1 is 1.18 bits per heavy atom. The molecule has 0 spiro atoms. The van der Waals surface area contributed by atoms with Crippen LogP contribution in [0.15, 0.2) is 53.0 Å². The fourth-order valence-corrected chi connectivity index (χ4v) is 3.37. The largest absolute Gasteiger partial charge is 0.347 e. The van der Waals surface area contributed by atoms with Gasteiger partial charge in [0.15, 0.2) is 0 Å². The van der Waals surface area contributed by atoms with Crippen molar-refractivity contribution < 1.29 is 4.79 Å². The van der Waals surface area contributed by atoms with Crippen LogP contribution in [0.4, 0.5) is 0 Å². The molecular weight excluding hydrogens is 364 g/mol. The van der Waals surface area contributed by atoms with E-state index in [-0.39, 0.29) is 5.91 Å². The van der Waals surface area contributed by atoms with Crippen LogP contribution in [0.2, 0.25) is 5.02 Å². The molecular formula is C17H14BrClN2O. The number of nitrogens with zero attached hydrogens (tertiary/aromatic N) is 1. The van der Waals surface area contributed by atoms with Crippen molar-refractivity contribution in [2.75, 3.05) is 0 Å². The lowest BCUT2D eigenvalue weighted by Gasteiger charge is -2.07. The average molecular weight is 378 g/mol. The first-order chi connectivity index (χ1) is 10.6. The van der Waals surface area contributed by atoms with Crippen LogP contribution in [0.1, 0.15) is 16.1 Å². The van der Waals surface area contributed by atoms with E-state index >= 15 is 0 Å². The van der Waals surface area contributed by atoms with E-state index in [4.69, 9.17) is 11.6 Å². The molecule has 3 nitrogen and oxygen atoms in total. The Balaban J connectivity index is 1.85. The van der Waals surface area contributed by atoms with Crippen molar-refractivity contribution in [1.82, 2.24) is 9.88 Å². The van der Waals surface area contributed by atoms with Crippen LogP contribution in [0, 0.1) is 0 Å². The molecule has 0 aliphatic carbocycles. The number of halogens is 2. The second-order valence-electron chi connectivity index (χ2n) is 5.05. The summed E-state index contributed by atoms with van der Waals surface area (Å²) in [7, 11) is 1.89. The standard InChI is InChI=1S/C17H14BrClN2O/c1-21-14-5-3-2-4-13(14)15(18)16(21)17(22)20-10-11-6-8-12(19)9-7-11/h2-9H,10H2,1H3,(H,20,22). The third kappa shape index (κ3) is 2.76. The summed E-state index contributed by atoms with van der Waals surface area (Å²) in [4.78, 5) is 12.5. The number of carbonyl (C=O) groups excluding carboxylic acids is 1. The number of hydrogen-bond acceptors (Lipinski definition) is 1. The molecule has 3 rings (SSSR count). The van der Waals surface area contributed by atoms with Gasteiger partial charge in [-0.05, 0) is 39.7 Å². The summed E-state index contributed by atoms with van der Waals surface area (Å²) in [5.41, 5.74) is 2.65. The van der Waals surface area contributed by atoms with E-state index in [1.165, 1.54) is 0 Å². The van der Waals surface area contributed by atoms with Crippen molar-refractivity contribution >= 4 is 44.3 Å². The molecule has 2 aromatic carbocycles. The van der Waals surface area contributed by atoms with Crippen molar-refractivity contribution in [3.05, 3.63) is 69.3 Å². The minimum absolute atomic E-state index is 0.111. The number of benzene rings is 2. The van der Waals surface area contributed by atoms with E-state index in [1.807, 2.05) is 60.1 Å². The van der Waals surface area contributed by atoms with E-state index in [9.17, 15) is 4.79 Å². The molecule has 1 heterocycles. The van der Waals surface area contributed by atoms with Gasteiger partial charge in [0.05, 0.1) is 4.47 Å². The molecule has 0 aliphatic heterocycles. The summed E-state index contributed by atoms with van der Waals surface area (Å²) < 4.78 is 2.72. The molecule has 112 valence electrons. The molecule has 0 atom stereocenters. The molecule has 0 unspecified atom stereocenters. The summed E-state index contributed by atoms with van der Waals surface area (Å²) in [6.07, 6.45) is 0. The van der Waals surface area contributed by atoms with Gasteiger partial charge >= 0.3 is 0 Å². The maximum absolute atomic E-state index is 12.5. The highest BCUT2D eigenvalue weighted by molar-refractivity contribution is 9.10. The Morgan fingerprint density at radius 2 is 1.86 bits per heavy atom. The van der Waals surface area contributed by atoms with Gasteiger partial charge in [0.1, 0.15) is 5.69 Å². The molecule has 1 amide bonds. The molecule has 0 aliphatic rings. The Labute approximate surface area is 142 Å². The summed E-state index contributed by atoms with van der Waals surface area (Å²) in [6, 6.07) is 15.3. The van der Waals surface area contributed by atoms with E-state index in [0.29, 0.717) is 17.3 Å². The van der Waals surface area contributed by atoms with Gasteiger partial charge in [-0.15, -0.1) is 0 Å². The number of amides is 1. The van der Waals surface area contributed by atoms with Crippen molar-refractivity contribution in [3.63, 3.8) is 0 Å². The van der Waals surface area contributed by atoms with Crippen LogP contribution < -0.4 is 5.32 Å². The second-order valence-corrected chi connectivity index (χ2v) is 6.28. The zero-order valence-electron chi connectivity index (χ0n) is 11.9. The van der Waals surface area contributed by atoms with Gasteiger partial charge in [0.25, 0.3) is 5.91 Å². The first kappa shape index (κ1) is 15.1. The SMILES string of the molecule is Cn1c(C(=O)NCc2ccc(Cl)cc2)c(Br)c2ccccc21. The Hall–Kier alpha value is -1.78. The van der Waals surface area contributed by atoms with Crippen LogP contribution in [0.5, 0.6) is 0 Å². The zero-order chi connectivity index (χ0) is 15.7. The number of carbonyl (C=O) groups is 1. The first-order valence-electron chi connectivity index (χ1n) is 6.83. The van der Waals surface area contributed by atoms with Gasteiger partial charge in [-0.3, -0.25) is 4.79 Å². The highest BCUT2D eigenvalue weighted by Gasteiger charge is 2.18. The molecule has 0 radical (unpaired) electrons. The van der Waals surface area contributed by atoms with E-state index in [0.717, 1.165) is 20.9 Å². The van der Waals surface area contributed by atoms with Gasteiger partial charge < -0.3 is 9.88 Å². The van der Waals surface area contributed by atoms with E-state index in [2.05, 4.69) is 21.2 Å². The number of fused-ring (bicyclic) bond motifs is 1. The summed E-state index contributed by atoms with van der Waals surface area (Å²) >= 11 is 9.40. The summed E-state index contributed by atoms with van der Waals surface area (Å²) in [5.74, 6) is -0.111. The number of hydrogen-bond donors (Lipinski definition) is 1. The van der Waals surface area contributed by atoms with Crippen molar-refractivity contribution in [1.29, 1.82) is 0 Å². The minimum Gasteiger partial charge on any atom is -0.347 e. The van der Waals surface area contributed by atoms with Gasteiger partial charge in [-0.25, -0.2) is 0 Å². The highest BCUT2D eigenvalue weighted by atomic mass is 79.9. The van der Waals surface area contributed by atoms with Crippen LogP contribution in [-0.2, 0) is 13.6 Å². The number of para-hydroxylation sites is 1. The van der Waals surface area contributed by atoms with Crippen molar-refractivity contribution in [3.8, 4) is 0 Å². The monoisotopic (exact) mass is 376 g/mol. The molecule has 0 bridgehead atoms. The maximum atomic E-state index is 12.5. The molecule has 0 fully saturated rings. The van der Waals surface area contributed by atoms with Crippen LogP contribution in [0.3, 0.4) is 0 Å². The fraction of sp³-hybridized carbons (Fsp3) is 0.118. The Morgan fingerprint density at radius 3 is 2.55 bits per heavy atom. The number of aryl methyl sites for hydroxylation is 1.